The van der Waals surface area contributed by atoms with Gasteiger partial charge in [-0.3, -0.25) is 37.3 Å². The zero-order valence-electron chi connectivity index (χ0n) is 56.5. The SMILES string of the molecule is CCCCCCCCCCC(=O)OC[C@H](COP(=O)(O)OC[C@H](O)COP(=O)(O)OC[C@@H](COC(=O)CCCCCCCCCCC(C)CC)OC(=O)CCCCCCCCCCCCCCCC(C)C)OC(=O)CCCCCCCCCCC(C)C. The van der Waals surface area contributed by atoms with Crippen molar-refractivity contribution in [1.29, 1.82) is 0 Å². The second kappa shape index (κ2) is 59.1. The van der Waals surface area contributed by atoms with Gasteiger partial charge in [0.15, 0.2) is 12.2 Å². The molecule has 3 N–H and O–H groups in total. The lowest BCUT2D eigenvalue weighted by molar-refractivity contribution is -0.161. The standard InChI is InChI=1S/C68H132O17P2/c1-8-10-11-12-13-28-35-42-49-65(70)78-55-63(85-68(73)52-45-38-31-23-21-26-33-40-47-60(5)6)57-82-86(74,75)80-53-62(69)54-81-87(76,77)83-58-64(56-79-66(71)50-43-36-29-24-22-27-34-41-48-61(7)9-2)84-67(72)51-44-37-30-20-18-16-14-15-17-19-25-32-39-46-59(3)4/h59-64,69H,8-58H2,1-7H3,(H,74,75)(H,76,77)/t61?,62-,63+,64+/m0/s1. The molecule has 0 aromatic carbocycles. The lowest BCUT2D eigenvalue weighted by atomic mass is 9.99. The number of phosphoric ester groups is 2. The fourth-order valence-corrected chi connectivity index (χ4v) is 11.7. The molecule has 0 aromatic heterocycles. The Morgan fingerprint density at radius 2 is 0.586 bits per heavy atom. The average Bonchev–Trinajstić information content (AvgIpc) is 3.62. The molecular weight excluding hydrogens is 1150 g/mol. The van der Waals surface area contributed by atoms with Gasteiger partial charge >= 0.3 is 39.5 Å². The number of esters is 4. The zero-order chi connectivity index (χ0) is 64.5. The summed E-state index contributed by atoms with van der Waals surface area (Å²) in [5.74, 6) is 0.150. The number of phosphoric acid groups is 2. The number of hydrogen-bond acceptors (Lipinski definition) is 15. The predicted octanol–water partition coefficient (Wildman–Crippen LogP) is 19.1. The number of carbonyl (C=O) groups excluding carboxylic acids is 4. The number of carbonyl (C=O) groups is 4. The molecule has 0 amide bonds. The van der Waals surface area contributed by atoms with Crippen LogP contribution in [0.5, 0.6) is 0 Å². The van der Waals surface area contributed by atoms with E-state index in [9.17, 15) is 43.2 Å². The van der Waals surface area contributed by atoms with Crippen LogP contribution in [0.15, 0.2) is 0 Å². The van der Waals surface area contributed by atoms with Gasteiger partial charge in [0, 0.05) is 25.7 Å². The smallest absolute Gasteiger partial charge is 0.462 e. The van der Waals surface area contributed by atoms with Gasteiger partial charge in [-0.05, 0) is 43.4 Å². The summed E-state index contributed by atoms with van der Waals surface area (Å²) in [6.07, 6.45) is 41.7. The van der Waals surface area contributed by atoms with Crippen LogP contribution in [0.1, 0.15) is 337 Å². The van der Waals surface area contributed by atoms with E-state index < -0.39 is 97.5 Å². The van der Waals surface area contributed by atoms with Crippen LogP contribution in [-0.4, -0.2) is 96.7 Å². The molecule has 0 aromatic rings. The van der Waals surface area contributed by atoms with E-state index >= 15 is 0 Å². The molecule has 19 heteroatoms. The Kier molecular flexibility index (Phi) is 57.8. The molecule has 87 heavy (non-hydrogen) atoms. The maximum absolute atomic E-state index is 13.0. The highest BCUT2D eigenvalue weighted by atomic mass is 31.2. The third-order valence-corrected chi connectivity index (χ3v) is 17.9. The van der Waals surface area contributed by atoms with Crippen molar-refractivity contribution < 1.29 is 80.2 Å². The molecule has 0 spiro atoms. The normalized spacial score (nSPS) is 14.6. The van der Waals surface area contributed by atoms with E-state index in [1.807, 2.05) is 0 Å². The van der Waals surface area contributed by atoms with Crippen LogP contribution in [0.25, 0.3) is 0 Å². The summed E-state index contributed by atoms with van der Waals surface area (Å²) >= 11 is 0. The number of aliphatic hydroxyl groups is 1. The number of unbranched alkanes of at least 4 members (excludes halogenated alkanes) is 33. The second-order valence-corrected chi connectivity index (χ2v) is 28.7. The summed E-state index contributed by atoms with van der Waals surface area (Å²) in [7, 11) is -9.89. The Bertz CT molecular complexity index is 1720. The number of ether oxygens (including phenoxy) is 4. The first-order valence-electron chi connectivity index (χ1n) is 35.4. The molecule has 0 heterocycles. The summed E-state index contributed by atoms with van der Waals surface area (Å²) < 4.78 is 68.1. The van der Waals surface area contributed by atoms with Crippen molar-refractivity contribution >= 4 is 39.5 Å². The Morgan fingerprint density at radius 1 is 0.333 bits per heavy atom. The van der Waals surface area contributed by atoms with Crippen LogP contribution in [0, 0.1) is 17.8 Å². The van der Waals surface area contributed by atoms with Crippen molar-refractivity contribution in [3.8, 4) is 0 Å². The minimum atomic E-state index is -4.95. The van der Waals surface area contributed by atoms with Crippen molar-refractivity contribution in [3.63, 3.8) is 0 Å². The first kappa shape index (κ1) is 85.1. The molecule has 3 unspecified atom stereocenters. The highest BCUT2D eigenvalue weighted by molar-refractivity contribution is 7.47. The van der Waals surface area contributed by atoms with Gasteiger partial charge in [0.25, 0.3) is 0 Å². The maximum atomic E-state index is 13.0. The van der Waals surface area contributed by atoms with Crippen molar-refractivity contribution in [3.05, 3.63) is 0 Å². The van der Waals surface area contributed by atoms with Crippen LogP contribution in [0.3, 0.4) is 0 Å². The van der Waals surface area contributed by atoms with Gasteiger partial charge in [0.05, 0.1) is 26.4 Å². The lowest BCUT2D eigenvalue weighted by Gasteiger charge is -2.21. The van der Waals surface area contributed by atoms with Gasteiger partial charge in [-0.1, -0.05) is 286 Å². The Balaban J connectivity index is 5.23. The van der Waals surface area contributed by atoms with E-state index in [4.69, 9.17) is 37.0 Å². The molecule has 0 bridgehead atoms. The highest BCUT2D eigenvalue weighted by Crippen LogP contribution is 2.45. The van der Waals surface area contributed by atoms with Crippen LogP contribution in [0.2, 0.25) is 0 Å². The van der Waals surface area contributed by atoms with E-state index in [0.29, 0.717) is 25.7 Å². The molecular formula is C68H132O17P2. The minimum absolute atomic E-state index is 0.104. The molecule has 0 fully saturated rings. The molecule has 0 saturated heterocycles. The zero-order valence-corrected chi connectivity index (χ0v) is 58.3. The summed E-state index contributed by atoms with van der Waals surface area (Å²) in [5.41, 5.74) is 0. The molecule has 0 rings (SSSR count). The van der Waals surface area contributed by atoms with E-state index in [0.717, 1.165) is 114 Å². The summed E-state index contributed by atoms with van der Waals surface area (Å²) in [4.78, 5) is 72.4. The van der Waals surface area contributed by atoms with Gasteiger partial charge in [-0.15, -0.1) is 0 Å². The molecule has 516 valence electrons. The molecule has 17 nitrogen and oxygen atoms in total. The Labute approximate surface area is 530 Å². The second-order valence-electron chi connectivity index (χ2n) is 25.8. The maximum Gasteiger partial charge on any atom is 0.472 e. The third-order valence-electron chi connectivity index (χ3n) is 16.0. The van der Waals surface area contributed by atoms with E-state index in [-0.39, 0.29) is 25.7 Å². The van der Waals surface area contributed by atoms with Crippen molar-refractivity contribution in [2.75, 3.05) is 39.6 Å². The largest absolute Gasteiger partial charge is 0.472 e. The van der Waals surface area contributed by atoms with Gasteiger partial charge < -0.3 is 33.8 Å². The van der Waals surface area contributed by atoms with E-state index in [2.05, 4.69) is 48.5 Å². The van der Waals surface area contributed by atoms with Crippen molar-refractivity contribution in [1.82, 2.24) is 0 Å². The molecule has 0 aliphatic rings. The molecule has 0 aliphatic carbocycles. The van der Waals surface area contributed by atoms with Crippen LogP contribution >= 0.6 is 15.6 Å². The monoisotopic (exact) mass is 1280 g/mol. The Hall–Kier alpha value is -1.94. The van der Waals surface area contributed by atoms with Crippen molar-refractivity contribution in [2.24, 2.45) is 17.8 Å². The van der Waals surface area contributed by atoms with Crippen LogP contribution in [0.4, 0.5) is 0 Å². The summed E-state index contributed by atoms with van der Waals surface area (Å²) in [6, 6.07) is 0. The number of rotatable bonds is 66. The van der Waals surface area contributed by atoms with Crippen LogP contribution in [-0.2, 0) is 65.4 Å². The fraction of sp³-hybridized carbons (Fsp3) is 0.941. The lowest BCUT2D eigenvalue weighted by Crippen LogP contribution is -2.30. The van der Waals surface area contributed by atoms with Gasteiger partial charge in [-0.25, -0.2) is 9.13 Å². The first-order valence-corrected chi connectivity index (χ1v) is 38.4. The first-order chi connectivity index (χ1) is 41.8. The third kappa shape index (κ3) is 61.3. The number of hydrogen-bond donors (Lipinski definition) is 3. The van der Waals surface area contributed by atoms with Crippen molar-refractivity contribution in [2.45, 2.75) is 356 Å². The Morgan fingerprint density at radius 3 is 0.874 bits per heavy atom. The summed E-state index contributed by atoms with van der Waals surface area (Å²) in [6.45, 7) is 11.8. The summed E-state index contributed by atoms with van der Waals surface area (Å²) in [5, 5.41) is 10.6. The molecule has 0 aliphatic heterocycles. The highest BCUT2D eigenvalue weighted by Gasteiger charge is 2.30. The minimum Gasteiger partial charge on any atom is -0.462 e. The van der Waals surface area contributed by atoms with E-state index in [1.54, 1.807) is 0 Å². The number of aliphatic hydroxyl groups excluding tert-OH is 1. The molecule has 0 radical (unpaired) electrons. The molecule has 6 atom stereocenters. The van der Waals surface area contributed by atoms with E-state index in [1.165, 1.54) is 141 Å². The van der Waals surface area contributed by atoms with Gasteiger partial charge in [-0.2, -0.15) is 0 Å². The fourth-order valence-electron chi connectivity index (χ4n) is 10.2. The quantitative estimate of drug-likeness (QED) is 0.0222. The van der Waals surface area contributed by atoms with Gasteiger partial charge in [0.1, 0.15) is 19.3 Å². The topological polar surface area (TPSA) is 237 Å². The van der Waals surface area contributed by atoms with Gasteiger partial charge in [0.2, 0.25) is 0 Å². The predicted molar refractivity (Wildman–Crippen MR) is 349 cm³/mol. The average molecular weight is 1280 g/mol. The van der Waals surface area contributed by atoms with Crippen LogP contribution < -0.4 is 0 Å². The molecule has 0 saturated carbocycles.